The highest BCUT2D eigenvalue weighted by atomic mass is 32.2. The minimum absolute atomic E-state index is 0.0326. The number of hydrogen-bond acceptors (Lipinski definition) is 3. The number of thioether (sulfide) groups is 1. The molecule has 0 aliphatic carbocycles. The van der Waals surface area contributed by atoms with Crippen molar-refractivity contribution in [1.29, 1.82) is 0 Å². The van der Waals surface area contributed by atoms with Gasteiger partial charge in [0.15, 0.2) is 0 Å². The Labute approximate surface area is 114 Å². The van der Waals surface area contributed by atoms with Crippen LogP contribution in [0.15, 0.2) is 34.1 Å². The Morgan fingerprint density at radius 1 is 1.32 bits per heavy atom. The molecule has 4 nitrogen and oxygen atoms in total. The molecule has 5 heteroatoms. The van der Waals surface area contributed by atoms with Crippen molar-refractivity contribution in [2.24, 2.45) is 0 Å². The Bertz CT molecular complexity index is 698. The molecule has 0 atom stereocenters. The summed E-state index contributed by atoms with van der Waals surface area (Å²) in [5.74, 6) is -1.21. The van der Waals surface area contributed by atoms with E-state index in [0.29, 0.717) is 10.9 Å². The van der Waals surface area contributed by atoms with Crippen molar-refractivity contribution in [2.75, 3.05) is 0 Å². The van der Waals surface area contributed by atoms with Crippen LogP contribution in [-0.4, -0.2) is 20.8 Å². The van der Waals surface area contributed by atoms with Gasteiger partial charge in [-0.1, -0.05) is 20.8 Å². The molecule has 100 valence electrons. The van der Waals surface area contributed by atoms with Crippen molar-refractivity contribution in [3.8, 4) is 0 Å². The van der Waals surface area contributed by atoms with Gasteiger partial charge in [-0.3, -0.25) is 4.79 Å². The average Bonchev–Trinajstić information content (AvgIpc) is 2.27. The molecular formula is C14H15NO3S. The van der Waals surface area contributed by atoms with Gasteiger partial charge in [-0.25, -0.2) is 4.79 Å². The summed E-state index contributed by atoms with van der Waals surface area (Å²) in [6.07, 6.45) is 1.24. The zero-order valence-electron chi connectivity index (χ0n) is 11.0. The van der Waals surface area contributed by atoms with E-state index >= 15 is 0 Å². The second-order valence-electron chi connectivity index (χ2n) is 5.26. The number of carboxylic acid groups (broad SMARTS) is 1. The van der Waals surface area contributed by atoms with E-state index in [9.17, 15) is 9.59 Å². The van der Waals surface area contributed by atoms with Crippen LogP contribution in [0.4, 0.5) is 0 Å². The zero-order valence-corrected chi connectivity index (χ0v) is 11.8. The van der Waals surface area contributed by atoms with Gasteiger partial charge in [0.1, 0.15) is 5.56 Å². The third-order valence-corrected chi connectivity index (χ3v) is 3.61. The molecule has 2 rings (SSSR count). The molecule has 0 saturated carbocycles. The van der Waals surface area contributed by atoms with Crippen molar-refractivity contribution in [1.82, 2.24) is 4.98 Å². The van der Waals surface area contributed by atoms with Crippen molar-refractivity contribution >= 4 is 28.6 Å². The first-order valence-corrected chi connectivity index (χ1v) is 6.67. The molecule has 0 unspecified atom stereocenters. The molecule has 2 N–H and O–H groups in total. The van der Waals surface area contributed by atoms with Crippen molar-refractivity contribution in [3.05, 3.63) is 40.2 Å². The summed E-state index contributed by atoms with van der Waals surface area (Å²) >= 11 is 1.64. The summed E-state index contributed by atoms with van der Waals surface area (Å²) < 4.78 is 0.0326. The van der Waals surface area contributed by atoms with Gasteiger partial charge in [-0.2, -0.15) is 0 Å². The number of aromatic nitrogens is 1. The first kappa shape index (κ1) is 13.7. The van der Waals surface area contributed by atoms with E-state index in [0.717, 1.165) is 4.90 Å². The number of carbonyl (C=O) groups is 1. The maximum absolute atomic E-state index is 12.1. The molecule has 19 heavy (non-hydrogen) atoms. The third-order valence-electron chi connectivity index (χ3n) is 2.51. The largest absolute Gasteiger partial charge is 0.477 e. The fourth-order valence-electron chi connectivity index (χ4n) is 1.77. The lowest BCUT2D eigenvalue weighted by atomic mass is 10.1. The summed E-state index contributed by atoms with van der Waals surface area (Å²) in [5, 5.41) is 9.37. The number of nitrogens with one attached hydrogen (secondary N) is 1. The smallest absolute Gasteiger partial charge is 0.341 e. The van der Waals surface area contributed by atoms with E-state index in [1.54, 1.807) is 23.9 Å². The van der Waals surface area contributed by atoms with Gasteiger partial charge in [0, 0.05) is 26.7 Å². The van der Waals surface area contributed by atoms with Crippen LogP contribution in [0, 0.1) is 0 Å². The van der Waals surface area contributed by atoms with Crippen LogP contribution < -0.4 is 5.43 Å². The quantitative estimate of drug-likeness (QED) is 0.827. The first-order chi connectivity index (χ1) is 8.78. The van der Waals surface area contributed by atoms with Gasteiger partial charge in [0.05, 0.1) is 0 Å². The molecule has 1 heterocycles. The van der Waals surface area contributed by atoms with Crippen molar-refractivity contribution in [2.45, 2.75) is 30.4 Å². The Kier molecular flexibility index (Phi) is 3.41. The number of aromatic carboxylic acids is 1. The standard InChI is InChI=1S/C14H15NO3S/c1-14(2,3)19-8-4-5-11-9(6-8)12(16)10(7-15-11)13(17)18/h4-7H,1-3H3,(H,15,16)(H,17,18). The summed E-state index contributed by atoms with van der Waals surface area (Å²) in [5.41, 5.74) is -0.0312. The van der Waals surface area contributed by atoms with Crippen LogP contribution in [0.5, 0.6) is 0 Å². The fraction of sp³-hybridized carbons (Fsp3) is 0.286. The summed E-state index contributed by atoms with van der Waals surface area (Å²) in [6, 6.07) is 5.47. The van der Waals surface area contributed by atoms with Gasteiger partial charge in [0.2, 0.25) is 5.43 Å². The molecule has 0 bridgehead atoms. The molecule has 0 fully saturated rings. The van der Waals surface area contributed by atoms with Crippen LogP contribution in [0.25, 0.3) is 10.9 Å². The van der Waals surface area contributed by atoms with Crippen LogP contribution in [0.2, 0.25) is 0 Å². The number of H-pyrrole nitrogens is 1. The summed E-state index contributed by atoms with van der Waals surface area (Å²) in [4.78, 5) is 26.8. The van der Waals surface area contributed by atoms with E-state index < -0.39 is 11.4 Å². The lowest BCUT2D eigenvalue weighted by Gasteiger charge is -2.17. The molecule has 1 aromatic carbocycles. The highest BCUT2D eigenvalue weighted by Crippen LogP contribution is 2.32. The van der Waals surface area contributed by atoms with E-state index in [4.69, 9.17) is 5.11 Å². The number of aromatic amines is 1. The number of rotatable bonds is 2. The predicted octanol–water partition coefficient (Wildman–Crippen LogP) is 3.12. The molecule has 0 amide bonds. The van der Waals surface area contributed by atoms with Gasteiger partial charge in [-0.15, -0.1) is 11.8 Å². The monoisotopic (exact) mass is 277 g/mol. The second kappa shape index (κ2) is 4.74. The summed E-state index contributed by atoms with van der Waals surface area (Å²) in [6.45, 7) is 6.25. The number of benzene rings is 1. The fourth-order valence-corrected chi connectivity index (χ4v) is 2.79. The predicted molar refractivity (Wildman–Crippen MR) is 77.1 cm³/mol. The molecule has 0 aliphatic rings. The minimum atomic E-state index is -1.21. The van der Waals surface area contributed by atoms with Crippen LogP contribution >= 0.6 is 11.8 Å². The number of carboxylic acids is 1. The Morgan fingerprint density at radius 2 is 2.00 bits per heavy atom. The molecule has 2 aromatic rings. The van der Waals surface area contributed by atoms with Crippen LogP contribution in [0.3, 0.4) is 0 Å². The molecule has 0 spiro atoms. The van der Waals surface area contributed by atoms with Crippen molar-refractivity contribution < 1.29 is 9.90 Å². The Balaban J connectivity index is 2.61. The van der Waals surface area contributed by atoms with E-state index in [1.165, 1.54) is 6.20 Å². The highest BCUT2D eigenvalue weighted by Gasteiger charge is 2.15. The number of pyridine rings is 1. The van der Waals surface area contributed by atoms with E-state index in [1.807, 2.05) is 6.07 Å². The lowest BCUT2D eigenvalue weighted by Crippen LogP contribution is -2.15. The second-order valence-corrected chi connectivity index (χ2v) is 7.16. The molecular weight excluding hydrogens is 262 g/mol. The van der Waals surface area contributed by atoms with Gasteiger partial charge in [-0.05, 0) is 18.2 Å². The number of hydrogen-bond donors (Lipinski definition) is 2. The Hall–Kier alpha value is -1.75. The molecule has 0 saturated heterocycles. The van der Waals surface area contributed by atoms with Crippen molar-refractivity contribution in [3.63, 3.8) is 0 Å². The van der Waals surface area contributed by atoms with E-state index in [-0.39, 0.29) is 10.3 Å². The van der Waals surface area contributed by atoms with Crippen LogP contribution in [0.1, 0.15) is 31.1 Å². The van der Waals surface area contributed by atoms with Gasteiger partial charge in [0.25, 0.3) is 0 Å². The summed E-state index contributed by atoms with van der Waals surface area (Å²) in [7, 11) is 0. The maximum Gasteiger partial charge on any atom is 0.341 e. The molecule has 0 radical (unpaired) electrons. The highest BCUT2D eigenvalue weighted by molar-refractivity contribution is 8.00. The zero-order chi connectivity index (χ0) is 14.2. The van der Waals surface area contributed by atoms with E-state index in [2.05, 4.69) is 25.8 Å². The number of fused-ring (bicyclic) bond motifs is 1. The van der Waals surface area contributed by atoms with Crippen LogP contribution in [-0.2, 0) is 0 Å². The SMILES string of the molecule is CC(C)(C)Sc1ccc2[nH]cc(C(=O)O)c(=O)c2c1. The minimum Gasteiger partial charge on any atom is -0.477 e. The normalized spacial score (nSPS) is 11.7. The van der Waals surface area contributed by atoms with Gasteiger partial charge < -0.3 is 10.1 Å². The third kappa shape index (κ3) is 2.98. The molecule has 1 aromatic heterocycles. The maximum atomic E-state index is 12.1. The topological polar surface area (TPSA) is 70.2 Å². The first-order valence-electron chi connectivity index (χ1n) is 5.86. The Morgan fingerprint density at radius 3 is 2.58 bits per heavy atom. The lowest BCUT2D eigenvalue weighted by molar-refractivity contribution is 0.0695. The average molecular weight is 277 g/mol. The van der Waals surface area contributed by atoms with Gasteiger partial charge >= 0.3 is 5.97 Å². The molecule has 0 aliphatic heterocycles.